The third kappa shape index (κ3) is 6.69. The van der Waals surface area contributed by atoms with Crippen LogP contribution in [0.1, 0.15) is 22.3 Å². The lowest BCUT2D eigenvalue weighted by atomic mass is 10.1. The van der Waals surface area contributed by atoms with E-state index < -0.39 is 11.9 Å². The molecule has 0 aliphatic rings. The number of rotatable bonds is 8. The lowest BCUT2D eigenvalue weighted by Gasteiger charge is -2.25. The van der Waals surface area contributed by atoms with Crippen LogP contribution < -0.4 is 5.32 Å². The third-order valence-electron chi connectivity index (χ3n) is 4.21. The van der Waals surface area contributed by atoms with E-state index in [4.69, 9.17) is 46.4 Å². The van der Waals surface area contributed by atoms with Crippen molar-refractivity contribution >= 4 is 70.0 Å². The Hall–Kier alpha value is -1.11. The highest BCUT2D eigenvalue weighted by molar-refractivity contribution is 7.98. The molecule has 1 N–H and O–H groups in total. The smallest absolute Gasteiger partial charge is 0.253 e. The highest BCUT2D eigenvalue weighted by atomic mass is 35.5. The standard InChI is InChI=1S/C20H20Cl4N2O2S/c1-26(11-12-4-3-5-15(22)18(12)24)20(28)17(8-9-29-2)25-19(27)14-7-6-13(21)10-16(14)23/h3-7,10,17H,8-9,11H2,1-2H3,(H,25,27). The van der Waals surface area contributed by atoms with Crippen LogP contribution in [-0.4, -0.2) is 41.8 Å². The molecule has 1 unspecified atom stereocenters. The van der Waals surface area contributed by atoms with Crippen molar-refractivity contribution in [1.29, 1.82) is 0 Å². The van der Waals surface area contributed by atoms with Gasteiger partial charge in [-0.25, -0.2) is 0 Å². The van der Waals surface area contributed by atoms with Gasteiger partial charge in [0, 0.05) is 18.6 Å². The van der Waals surface area contributed by atoms with E-state index in [1.807, 2.05) is 6.26 Å². The van der Waals surface area contributed by atoms with Crippen molar-refractivity contribution in [1.82, 2.24) is 10.2 Å². The molecule has 0 aliphatic carbocycles. The van der Waals surface area contributed by atoms with Crippen molar-refractivity contribution in [3.05, 3.63) is 67.6 Å². The van der Waals surface area contributed by atoms with Crippen LogP contribution >= 0.6 is 58.2 Å². The van der Waals surface area contributed by atoms with E-state index in [0.29, 0.717) is 27.2 Å². The highest BCUT2D eigenvalue weighted by Crippen LogP contribution is 2.26. The van der Waals surface area contributed by atoms with Crippen LogP contribution in [-0.2, 0) is 11.3 Å². The molecule has 2 aromatic rings. The first kappa shape index (κ1) is 24.2. The minimum Gasteiger partial charge on any atom is -0.340 e. The molecule has 0 heterocycles. The average Bonchev–Trinajstić information content (AvgIpc) is 2.67. The molecule has 2 amide bonds. The van der Waals surface area contributed by atoms with Crippen LogP contribution in [0.3, 0.4) is 0 Å². The Morgan fingerprint density at radius 3 is 2.48 bits per heavy atom. The molecule has 0 saturated heterocycles. The fraction of sp³-hybridized carbons (Fsp3) is 0.300. The number of halogens is 4. The van der Waals surface area contributed by atoms with Crippen molar-refractivity contribution in [3.8, 4) is 0 Å². The molecule has 0 aromatic heterocycles. The summed E-state index contributed by atoms with van der Waals surface area (Å²) in [5.41, 5.74) is 0.990. The van der Waals surface area contributed by atoms with Gasteiger partial charge in [-0.2, -0.15) is 11.8 Å². The van der Waals surface area contributed by atoms with Crippen molar-refractivity contribution in [3.63, 3.8) is 0 Å². The second-order valence-electron chi connectivity index (χ2n) is 6.34. The maximum atomic E-state index is 13.0. The van der Waals surface area contributed by atoms with Crippen LogP contribution in [0, 0.1) is 0 Å². The van der Waals surface area contributed by atoms with Crippen molar-refractivity contribution in [2.24, 2.45) is 0 Å². The largest absolute Gasteiger partial charge is 0.340 e. The summed E-state index contributed by atoms with van der Waals surface area (Å²) in [6.45, 7) is 0.269. The summed E-state index contributed by atoms with van der Waals surface area (Å²) in [4.78, 5) is 27.2. The zero-order chi connectivity index (χ0) is 21.6. The van der Waals surface area contributed by atoms with E-state index in [1.165, 1.54) is 17.0 Å². The number of thioether (sulfide) groups is 1. The molecule has 2 aromatic carbocycles. The van der Waals surface area contributed by atoms with Crippen molar-refractivity contribution in [2.75, 3.05) is 19.1 Å². The molecule has 4 nitrogen and oxygen atoms in total. The zero-order valence-electron chi connectivity index (χ0n) is 15.8. The number of carbonyl (C=O) groups is 2. The van der Waals surface area contributed by atoms with Crippen molar-refractivity contribution < 1.29 is 9.59 Å². The van der Waals surface area contributed by atoms with Gasteiger partial charge in [-0.05, 0) is 48.3 Å². The molecule has 0 fully saturated rings. The van der Waals surface area contributed by atoms with Crippen LogP contribution in [0.4, 0.5) is 0 Å². The number of carbonyl (C=O) groups excluding carboxylic acids is 2. The topological polar surface area (TPSA) is 49.4 Å². The maximum Gasteiger partial charge on any atom is 0.253 e. The number of nitrogens with one attached hydrogen (secondary N) is 1. The summed E-state index contributed by atoms with van der Waals surface area (Å²) < 4.78 is 0. The molecule has 29 heavy (non-hydrogen) atoms. The van der Waals surface area contributed by atoms with Gasteiger partial charge in [-0.15, -0.1) is 0 Å². The van der Waals surface area contributed by atoms with E-state index in [2.05, 4.69) is 5.32 Å². The number of likely N-dealkylation sites (N-methyl/N-ethyl adjacent to an activating group) is 1. The van der Waals surface area contributed by atoms with Crippen LogP contribution in [0.25, 0.3) is 0 Å². The molecule has 2 rings (SSSR count). The zero-order valence-corrected chi connectivity index (χ0v) is 19.7. The Morgan fingerprint density at radius 2 is 1.83 bits per heavy atom. The highest BCUT2D eigenvalue weighted by Gasteiger charge is 2.25. The predicted molar refractivity (Wildman–Crippen MR) is 124 cm³/mol. The molecule has 1 atom stereocenters. The Bertz CT molecular complexity index is 895. The summed E-state index contributed by atoms with van der Waals surface area (Å²) in [7, 11) is 1.66. The Morgan fingerprint density at radius 1 is 1.10 bits per heavy atom. The molecule has 9 heteroatoms. The predicted octanol–water partition coefficient (Wildman–Crippen LogP) is 5.81. The molecule has 0 bridgehead atoms. The summed E-state index contributed by atoms with van der Waals surface area (Å²) in [5.74, 6) is 0.0467. The second-order valence-corrected chi connectivity index (χ2v) is 8.95. The van der Waals surface area contributed by atoms with Crippen LogP contribution in [0.15, 0.2) is 36.4 Å². The van der Waals surface area contributed by atoms with Gasteiger partial charge >= 0.3 is 0 Å². The van der Waals surface area contributed by atoms with Gasteiger partial charge in [0.25, 0.3) is 5.91 Å². The van der Waals surface area contributed by atoms with E-state index in [1.54, 1.807) is 43.1 Å². The second kappa shape index (κ2) is 11.3. The summed E-state index contributed by atoms with van der Waals surface area (Å²) in [5, 5.41) is 4.28. The third-order valence-corrected chi connectivity index (χ3v) is 6.25. The van der Waals surface area contributed by atoms with E-state index in [-0.39, 0.29) is 23.0 Å². The lowest BCUT2D eigenvalue weighted by Crippen LogP contribution is -2.47. The van der Waals surface area contributed by atoms with Gasteiger partial charge in [0.05, 0.1) is 20.6 Å². The van der Waals surface area contributed by atoms with E-state index >= 15 is 0 Å². The fourth-order valence-corrected chi connectivity index (χ4v) is 4.02. The number of amides is 2. The number of hydrogen-bond donors (Lipinski definition) is 1. The summed E-state index contributed by atoms with van der Waals surface area (Å²) in [6, 6.07) is 9.17. The first-order valence-electron chi connectivity index (χ1n) is 8.67. The van der Waals surface area contributed by atoms with Gasteiger partial charge in [-0.3, -0.25) is 9.59 Å². The van der Waals surface area contributed by atoms with Crippen LogP contribution in [0.5, 0.6) is 0 Å². The number of benzene rings is 2. The van der Waals surface area contributed by atoms with Crippen molar-refractivity contribution in [2.45, 2.75) is 19.0 Å². The minimum atomic E-state index is -0.704. The number of nitrogens with zero attached hydrogens (tertiary/aromatic N) is 1. The molecular weight excluding hydrogens is 474 g/mol. The Balaban J connectivity index is 2.16. The summed E-state index contributed by atoms with van der Waals surface area (Å²) >= 11 is 25.9. The fourth-order valence-electron chi connectivity index (χ4n) is 2.67. The van der Waals surface area contributed by atoms with E-state index in [9.17, 15) is 9.59 Å². The first-order valence-corrected chi connectivity index (χ1v) is 11.6. The molecular formula is C20H20Cl4N2O2S. The van der Waals surface area contributed by atoms with Gasteiger partial charge < -0.3 is 10.2 Å². The molecule has 0 radical (unpaired) electrons. The van der Waals surface area contributed by atoms with Gasteiger partial charge in [0.2, 0.25) is 5.91 Å². The minimum absolute atomic E-state index is 0.227. The quantitative estimate of drug-likeness (QED) is 0.504. The number of hydrogen-bond acceptors (Lipinski definition) is 3. The Kier molecular flexibility index (Phi) is 9.44. The SMILES string of the molecule is CSCCC(NC(=O)c1ccc(Cl)cc1Cl)C(=O)N(C)Cc1cccc(Cl)c1Cl. The normalized spacial score (nSPS) is 11.8. The summed E-state index contributed by atoms with van der Waals surface area (Å²) in [6.07, 6.45) is 2.42. The lowest BCUT2D eigenvalue weighted by molar-refractivity contribution is -0.132. The van der Waals surface area contributed by atoms with Crippen LogP contribution in [0.2, 0.25) is 20.1 Å². The molecule has 0 spiro atoms. The van der Waals surface area contributed by atoms with Gasteiger partial charge in [0.15, 0.2) is 0 Å². The molecule has 0 aliphatic heterocycles. The van der Waals surface area contributed by atoms with Gasteiger partial charge in [-0.1, -0.05) is 58.5 Å². The van der Waals surface area contributed by atoms with E-state index in [0.717, 1.165) is 5.56 Å². The monoisotopic (exact) mass is 492 g/mol. The molecule has 0 saturated carbocycles. The Labute approximate surface area is 194 Å². The van der Waals surface area contributed by atoms with Gasteiger partial charge in [0.1, 0.15) is 6.04 Å². The average molecular weight is 494 g/mol. The molecule has 156 valence electrons. The maximum absolute atomic E-state index is 13.0. The first-order chi connectivity index (χ1) is 13.7.